The number of aliphatic hydroxyl groups is 1. The summed E-state index contributed by atoms with van der Waals surface area (Å²) in [5, 5.41) is 11.7. The van der Waals surface area contributed by atoms with E-state index in [1.807, 2.05) is 30.3 Å². The zero-order chi connectivity index (χ0) is 18.4. The van der Waals surface area contributed by atoms with E-state index in [1.54, 1.807) is 38.4 Å². The van der Waals surface area contributed by atoms with Gasteiger partial charge < -0.3 is 10.0 Å². The SMILES string of the molecule is CN(C)C(=O)c1ccc2c(c1)C(=O)C(c1ccc3ccccc3n1)C2O. The van der Waals surface area contributed by atoms with Crippen molar-refractivity contribution < 1.29 is 14.7 Å². The van der Waals surface area contributed by atoms with E-state index in [4.69, 9.17) is 0 Å². The molecular formula is C21H18N2O3. The van der Waals surface area contributed by atoms with Gasteiger partial charge in [0.15, 0.2) is 5.78 Å². The maximum absolute atomic E-state index is 13.0. The molecule has 0 saturated carbocycles. The van der Waals surface area contributed by atoms with Crippen molar-refractivity contribution in [3.8, 4) is 0 Å². The third-order valence-corrected chi connectivity index (χ3v) is 4.83. The summed E-state index contributed by atoms with van der Waals surface area (Å²) in [4.78, 5) is 31.2. The van der Waals surface area contributed by atoms with Crippen molar-refractivity contribution in [1.82, 2.24) is 9.88 Å². The monoisotopic (exact) mass is 346 g/mol. The van der Waals surface area contributed by atoms with Crippen LogP contribution in [0.3, 0.4) is 0 Å². The van der Waals surface area contributed by atoms with Crippen molar-refractivity contribution in [3.05, 3.63) is 77.0 Å². The number of pyridine rings is 1. The molecule has 1 aromatic heterocycles. The molecule has 2 unspecified atom stereocenters. The first kappa shape index (κ1) is 16.4. The number of carbonyl (C=O) groups is 2. The Kier molecular flexibility index (Phi) is 3.81. The lowest BCUT2D eigenvalue weighted by atomic mass is 9.97. The predicted molar refractivity (Wildman–Crippen MR) is 98.2 cm³/mol. The lowest BCUT2D eigenvalue weighted by molar-refractivity contribution is 0.0827. The van der Waals surface area contributed by atoms with Crippen molar-refractivity contribution in [2.24, 2.45) is 0 Å². The van der Waals surface area contributed by atoms with Gasteiger partial charge in [0.25, 0.3) is 5.91 Å². The van der Waals surface area contributed by atoms with Crippen LogP contribution in [0.5, 0.6) is 0 Å². The van der Waals surface area contributed by atoms with Crippen LogP contribution in [-0.2, 0) is 0 Å². The number of benzene rings is 2. The third kappa shape index (κ3) is 2.48. The van der Waals surface area contributed by atoms with E-state index in [2.05, 4.69) is 4.98 Å². The molecule has 1 N–H and O–H groups in total. The Morgan fingerprint density at radius 3 is 2.62 bits per heavy atom. The van der Waals surface area contributed by atoms with Crippen molar-refractivity contribution in [1.29, 1.82) is 0 Å². The molecule has 0 radical (unpaired) electrons. The molecule has 5 heteroatoms. The molecule has 3 aromatic rings. The number of Topliss-reactive ketones (excluding diaryl/α,β-unsaturated/α-hetero) is 1. The largest absolute Gasteiger partial charge is 0.387 e. The Hall–Kier alpha value is -3.05. The van der Waals surface area contributed by atoms with Crippen LogP contribution in [0.15, 0.2) is 54.6 Å². The van der Waals surface area contributed by atoms with Gasteiger partial charge in [-0.3, -0.25) is 14.6 Å². The van der Waals surface area contributed by atoms with E-state index in [1.165, 1.54) is 4.90 Å². The number of carbonyl (C=O) groups excluding carboxylic acids is 2. The topological polar surface area (TPSA) is 70.5 Å². The van der Waals surface area contributed by atoms with Crippen molar-refractivity contribution in [3.63, 3.8) is 0 Å². The summed E-state index contributed by atoms with van der Waals surface area (Å²) in [6.07, 6.45) is -0.963. The lowest BCUT2D eigenvalue weighted by Gasteiger charge is -2.14. The third-order valence-electron chi connectivity index (χ3n) is 4.83. The van der Waals surface area contributed by atoms with Gasteiger partial charge in [0, 0.05) is 30.6 Å². The summed E-state index contributed by atoms with van der Waals surface area (Å²) in [5.41, 5.74) is 2.69. The summed E-state index contributed by atoms with van der Waals surface area (Å²) < 4.78 is 0. The highest BCUT2D eigenvalue weighted by Gasteiger charge is 2.41. The molecule has 0 saturated heterocycles. The van der Waals surface area contributed by atoms with Gasteiger partial charge in [-0.1, -0.05) is 30.3 Å². The number of ketones is 1. The quantitative estimate of drug-likeness (QED) is 0.774. The fourth-order valence-corrected chi connectivity index (χ4v) is 3.46. The predicted octanol–water partition coefficient (Wildman–Crippen LogP) is 2.95. The van der Waals surface area contributed by atoms with Crippen molar-refractivity contribution >= 4 is 22.6 Å². The zero-order valence-electron chi connectivity index (χ0n) is 14.5. The van der Waals surface area contributed by atoms with Gasteiger partial charge in [0.05, 0.1) is 23.2 Å². The Bertz CT molecular complexity index is 1040. The van der Waals surface area contributed by atoms with Crippen LogP contribution in [0.1, 0.15) is 44.0 Å². The first-order chi connectivity index (χ1) is 12.5. The number of para-hydroxylation sites is 1. The molecule has 1 aliphatic carbocycles. The minimum absolute atomic E-state index is 0.178. The maximum Gasteiger partial charge on any atom is 0.253 e. The van der Waals surface area contributed by atoms with E-state index in [9.17, 15) is 14.7 Å². The maximum atomic E-state index is 13.0. The van der Waals surface area contributed by atoms with Crippen LogP contribution in [0.4, 0.5) is 0 Å². The summed E-state index contributed by atoms with van der Waals surface area (Å²) in [5.74, 6) is -1.13. The number of hydrogen-bond acceptors (Lipinski definition) is 4. The average Bonchev–Trinajstić information content (AvgIpc) is 2.90. The Labute approximate surface area is 150 Å². The van der Waals surface area contributed by atoms with Crippen LogP contribution in [0.2, 0.25) is 0 Å². The van der Waals surface area contributed by atoms with Gasteiger partial charge in [-0.15, -0.1) is 0 Å². The molecule has 1 aliphatic rings. The number of aromatic nitrogens is 1. The molecule has 26 heavy (non-hydrogen) atoms. The van der Waals surface area contributed by atoms with E-state index in [0.29, 0.717) is 22.4 Å². The smallest absolute Gasteiger partial charge is 0.253 e. The highest BCUT2D eigenvalue weighted by atomic mass is 16.3. The number of nitrogens with zero attached hydrogens (tertiary/aromatic N) is 2. The van der Waals surface area contributed by atoms with E-state index in [0.717, 1.165) is 10.9 Å². The fourth-order valence-electron chi connectivity index (χ4n) is 3.46. The number of fused-ring (bicyclic) bond motifs is 2. The summed E-state index contributed by atoms with van der Waals surface area (Å²) in [6.45, 7) is 0. The van der Waals surface area contributed by atoms with Crippen LogP contribution in [0.25, 0.3) is 10.9 Å². The van der Waals surface area contributed by atoms with Crippen molar-refractivity contribution in [2.75, 3.05) is 14.1 Å². The summed E-state index contributed by atoms with van der Waals surface area (Å²) in [7, 11) is 3.32. The van der Waals surface area contributed by atoms with Gasteiger partial charge in [0.1, 0.15) is 0 Å². The van der Waals surface area contributed by atoms with Gasteiger partial charge in [-0.05, 0) is 29.8 Å². The Morgan fingerprint density at radius 2 is 1.85 bits per heavy atom. The minimum Gasteiger partial charge on any atom is -0.387 e. The normalized spacial score (nSPS) is 18.8. The molecule has 130 valence electrons. The number of rotatable bonds is 2. The van der Waals surface area contributed by atoms with Crippen LogP contribution >= 0.6 is 0 Å². The molecule has 1 heterocycles. The molecule has 0 bridgehead atoms. The number of aliphatic hydroxyl groups excluding tert-OH is 1. The molecule has 0 aliphatic heterocycles. The van der Waals surface area contributed by atoms with Crippen LogP contribution in [-0.4, -0.2) is 40.8 Å². The van der Waals surface area contributed by atoms with Crippen molar-refractivity contribution in [2.45, 2.75) is 12.0 Å². The van der Waals surface area contributed by atoms with Crippen LogP contribution < -0.4 is 0 Å². The second-order valence-corrected chi connectivity index (χ2v) is 6.72. The van der Waals surface area contributed by atoms with Gasteiger partial charge in [-0.2, -0.15) is 0 Å². The van der Waals surface area contributed by atoms with Gasteiger partial charge in [0.2, 0.25) is 0 Å². The molecule has 0 fully saturated rings. The van der Waals surface area contributed by atoms with E-state index < -0.39 is 12.0 Å². The molecule has 4 rings (SSSR count). The number of amides is 1. The highest BCUT2D eigenvalue weighted by molar-refractivity contribution is 6.08. The lowest BCUT2D eigenvalue weighted by Crippen LogP contribution is -2.21. The van der Waals surface area contributed by atoms with Crippen LogP contribution in [0, 0.1) is 0 Å². The minimum atomic E-state index is -0.963. The molecule has 5 nitrogen and oxygen atoms in total. The second kappa shape index (κ2) is 6.04. The molecular weight excluding hydrogens is 328 g/mol. The van der Waals surface area contributed by atoms with Gasteiger partial charge >= 0.3 is 0 Å². The molecule has 1 amide bonds. The van der Waals surface area contributed by atoms with E-state index >= 15 is 0 Å². The molecule has 2 aromatic carbocycles. The standard InChI is InChI=1S/C21H18N2O3/c1-23(2)21(26)13-7-9-14-15(11-13)20(25)18(19(14)24)17-10-8-12-5-3-4-6-16(12)22-17/h3-11,18-19,24H,1-2H3. The Morgan fingerprint density at radius 1 is 1.08 bits per heavy atom. The zero-order valence-corrected chi connectivity index (χ0v) is 14.5. The average molecular weight is 346 g/mol. The summed E-state index contributed by atoms with van der Waals surface area (Å²) >= 11 is 0. The molecule has 0 spiro atoms. The van der Waals surface area contributed by atoms with E-state index in [-0.39, 0.29) is 11.7 Å². The molecule has 2 atom stereocenters. The highest BCUT2D eigenvalue weighted by Crippen LogP contribution is 2.42. The second-order valence-electron chi connectivity index (χ2n) is 6.72. The Balaban J connectivity index is 1.76. The van der Waals surface area contributed by atoms with Gasteiger partial charge in [-0.25, -0.2) is 0 Å². The number of hydrogen-bond donors (Lipinski definition) is 1. The first-order valence-corrected chi connectivity index (χ1v) is 8.41. The fraction of sp³-hybridized carbons (Fsp3) is 0.190. The summed E-state index contributed by atoms with van der Waals surface area (Å²) in [6, 6.07) is 16.2. The first-order valence-electron chi connectivity index (χ1n) is 8.41.